The van der Waals surface area contributed by atoms with Gasteiger partial charge in [0.1, 0.15) is 0 Å². The molecule has 2 amide bonds. The molecule has 1 atom stereocenters. The number of amides is 2. The van der Waals surface area contributed by atoms with Crippen molar-refractivity contribution in [1.82, 2.24) is 9.80 Å². The van der Waals surface area contributed by atoms with Crippen molar-refractivity contribution in [1.29, 1.82) is 0 Å². The van der Waals surface area contributed by atoms with Crippen LogP contribution < -0.4 is 4.90 Å². The molecule has 2 aromatic carbocycles. The minimum Gasteiger partial charge on any atom is -0.465 e. The van der Waals surface area contributed by atoms with Crippen LogP contribution in [0.2, 0.25) is 0 Å². The van der Waals surface area contributed by atoms with E-state index in [0.717, 1.165) is 32.7 Å². The molecule has 2 saturated heterocycles. The molecule has 0 bridgehead atoms. The maximum absolute atomic E-state index is 13.0. The number of ether oxygens (including phenoxy) is 1. The Morgan fingerprint density at radius 2 is 1.69 bits per heavy atom. The monoisotopic (exact) mass is 433 g/mol. The zero-order chi connectivity index (χ0) is 22.5. The topological polar surface area (TPSA) is 70.2 Å². The lowest BCUT2D eigenvalue weighted by atomic mass is 10.1. The predicted molar refractivity (Wildman–Crippen MR) is 122 cm³/mol. The molecule has 1 unspecified atom stereocenters. The molecule has 0 radical (unpaired) electrons. The smallest absolute Gasteiger partial charge is 0.337 e. The summed E-state index contributed by atoms with van der Waals surface area (Å²) in [7, 11) is 1.31. The highest BCUT2D eigenvalue weighted by Gasteiger charge is 2.43. The van der Waals surface area contributed by atoms with E-state index in [9.17, 15) is 14.4 Å². The lowest BCUT2D eigenvalue weighted by molar-refractivity contribution is -0.123. The number of rotatable bonds is 6. The lowest BCUT2D eigenvalue weighted by Crippen LogP contribution is -2.52. The molecule has 0 saturated carbocycles. The van der Waals surface area contributed by atoms with Gasteiger partial charge in [-0.1, -0.05) is 42.5 Å². The summed E-state index contributed by atoms with van der Waals surface area (Å²) in [4.78, 5) is 43.0. The van der Waals surface area contributed by atoms with Gasteiger partial charge in [0.15, 0.2) is 0 Å². The Balaban J connectivity index is 1.32. The van der Waals surface area contributed by atoms with Crippen molar-refractivity contribution in [2.75, 3.05) is 44.7 Å². The summed E-state index contributed by atoms with van der Waals surface area (Å²) in [6.45, 7) is 4.06. The quantitative estimate of drug-likeness (QED) is 0.515. The van der Waals surface area contributed by atoms with E-state index in [4.69, 9.17) is 4.74 Å². The van der Waals surface area contributed by atoms with Crippen LogP contribution in [0.25, 0.3) is 6.08 Å². The molecule has 0 spiro atoms. The number of carbonyl (C=O) groups is 3. The Hall–Kier alpha value is -3.29. The van der Waals surface area contributed by atoms with E-state index in [1.807, 2.05) is 18.2 Å². The van der Waals surface area contributed by atoms with Crippen LogP contribution in [-0.4, -0.2) is 73.5 Å². The standard InChI is InChI=1S/C25H27N3O4/c1-32-25(31)20-9-11-21(12-10-20)28-23(29)18-22(24(28)30)27-16-14-26(15-17-27)13-5-8-19-6-3-2-4-7-19/h2-12,22H,13-18H2,1H3/b8-5-. The fourth-order valence-electron chi connectivity index (χ4n) is 4.20. The number of methoxy groups -OCH3 is 1. The minimum atomic E-state index is -0.454. The molecule has 0 N–H and O–H groups in total. The first-order chi connectivity index (χ1) is 15.6. The maximum atomic E-state index is 13.0. The van der Waals surface area contributed by atoms with Gasteiger partial charge in [-0.25, -0.2) is 9.69 Å². The van der Waals surface area contributed by atoms with Crippen molar-refractivity contribution >= 4 is 29.5 Å². The van der Waals surface area contributed by atoms with Gasteiger partial charge in [-0.05, 0) is 29.8 Å². The van der Waals surface area contributed by atoms with Gasteiger partial charge in [0.05, 0.1) is 30.8 Å². The van der Waals surface area contributed by atoms with E-state index in [-0.39, 0.29) is 18.2 Å². The molecular weight excluding hydrogens is 406 g/mol. The van der Waals surface area contributed by atoms with Crippen LogP contribution in [0.5, 0.6) is 0 Å². The Morgan fingerprint density at radius 1 is 1.00 bits per heavy atom. The number of anilines is 1. The minimum absolute atomic E-state index is 0.186. The van der Waals surface area contributed by atoms with Crippen LogP contribution in [0.1, 0.15) is 22.3 Å². The van der Waals surface area contributed by atoms with Gasteiger partial charge in [-0.15, -0.1) is 0 Å². The molecule has 7 heteroatoms. The molecule has 32 heavy (non-hydrogen) atoms. The molecule has 2 heterocycles. The molecule has 0 aromatic heterocycles. The van der Waals surface area contributed by atoms with Gasteiger partial charge >= 0.3 is 5.97 Å². The van der Waals surface area contributed by atoms with E-state index < -0.39 is 12.0 Å². The fraction of sp³-hybridized carbons (Fsp3) is 0.320. The van der Waals surface area contributed by atoms with Gasteiger partial charge in [0.2, 0.25) is 5.91 Å². The SMILES string of the molecule is COC(=O)c1ccc(N2C(=O)CC(N3CCN(C/C=C\c4ccccc4)CC3)C2=O)cc1. The van der Waals surface area contributed by atoms with Crippen LogP contribution in [0.4, 0.5) is 5.69 Å². The Labute approximate surface area is 187 Å². The Kier molecular flexibility index (Phi) is 6.78. The number of hydrogen-bond donors (Lipinski definition) is 0. The second kappa shape index (κ2) is 9.89. The molecule has 0 aliphatic carbocycles. The van der Waals surface area contributed by atoms with Crippen molar-refractivity contribution in [3.63, 3.8) is 0 Å². The molecule has 4 rings (SSSR count). The van der Waals surface area contributed by atoms with Crippen LogP contribution in [0.15, 0.2) is 60.7 Å². The van der Waals surface area contributed by atoms with E-state index in [1.165, 1.54) is 17.6 Å². The average molecular weight is 434 g/mol. The summed E-state index contributed by atoms with van der Waals surface area (Å²) in [6.07, 6.45) is 4.47. The number of nitrogens with zero attached hydrogens (tertiary/aromatic N) is 3. The summed E-state index contributed by atoms with van der Waals surface area (Å²) in [5.41, 5.74) is 2.05. The van der Waals surface area contributed by atoms with Crippen molar-refractivity contribution < 1.29 is 19.1 Å². The third-order valence-corrected chi connectivity index (χ3v) is 5.99. The van der Waals surface area contributed by atoms with Gasteiger partial charge in [0.25, 0.3) is 5.91 Å². The van der Waals surface area contributed by atoms with E-state index in [1.54, 1.807) is 24.3 Å². The average Bonchev–Trinajstić information content (AvgIpc) is 3.13. The summed E-state index contributed by atoms with van der Waals surface area (Å²) in [5, 5.41) is 0. The van der Waals surface area contributed by atoms with Crippen LogP contribution in [0, 0.1) is 0 Å². The van der Waals surface area contributed by atoms with Crippen LogP contribution >= 0.6 is 0 Å². The van der Waals surface area contributed by atoms with Crippen molar-refractivity contribution in [2.24, 2.45) is 0 Å². The molecule has 2 fully saturated rings. The second-order valence-corrected chi connectivity index (χ2v) is 7.98. The third kappa shape index (κ3) is 4.79. The third-order valence-electron chi connectivity index (χ3n) is 5.99. The Bertz CT molecular complexity index is 996. The number of esters is 1. The van der Waals surface area contributed by atoms with Gasteiger partial charge in [-0.3, -0.25) is 19.4 Å². The zero-order valence-electron chi connectivity index (χ0n) is 18.1. The number of benzene rings is 2. The molecule has 7 nitrogen and oxygen atoms in total. The molecular formula is C25H27N3O4. The van der Waals surface area contributed by atoms with E-state index >= 15 is 0 Å². The number of imide groups is 1. The summed E-state index contributed by atoms with van der Waals surface area (Å²) >= 11 is 0. The predicted octanol–water partition coefficient (Wildman–Crippen LogP) is 2.44. The number of carbonyl (C=O) groups excluding carboxylic acids is 3. The Morgan fingerprint density at radius 3 is 2.34 bits per heavy atom. The summed E-state index contributed by atoms with van der Waals surface area (Å²) in [6, 6.07) is 16.1. The normalized spacial score (nSPS) is 20.3. The second-order valence-electron chi connectivity index (χ2n) is 7.98. The highest BCUT2D eigenvalue weighted by atomic mass is 16.5. The molecule has 2 aliphatic rings. The highest BCUT2D eigenvalue weighted by Crippen LogP contribution is 2.26. The first kappa shape index (κ1) is 21.9. The first-order valence-corrected chi connectivity index (χ1v) is 10.8. The highest BCUT2D eigenvalue weighted by molar-refractivity contribution is 6.22. The molecule has 2 aromatic rings. The summed E-state index contributed by atoms with van der Waals surface area (Å²) < 4.78 is 4.69. The molecule has 2 aliphatic heterocycles. The fourth-order valence-corrected chi connectivity index (χ4v) is 4.20. The maximum Gasteiger partial charge on any atom is 0.337 e. The number of piperazine rings is 1. The zero-order valence-corrected chi connectivity index (χ0v) is 18.1. The largest absolute Gasteiger partial charge is 0.465 e. The van der Waals surface area contributed by atoms with Gasteiger partial charge in [-0.2, -0.15) is 0 Å². The lowest BCUT2D eigenvalue weighted by Gasteiger charge is -2.36. The van der Waals surface area contributed by atoms with Crippen molar-refractivity contribution in [2.45, 2.75) is 12.5 Å². The van der Waals surface area contributed by atoms with E-state index in [0.29, 0.717) is 11.3 Å². The van der Waals surface area contributed by atoms with Gasteiger partial charge < -0.3 is 4.74 Å². The van der Waals surface area contributed by atoms with Gasteiger partial charge in [0, 0.05) is 32.7 Å². The number of hydrogen-bond acceptors (Lipinski definition) is 6. The van der Waals surface area contributed by atoms with Crippen LogP contribution in [-0.2, 0) is 14.3 Å². The van der Waals surface area contributed by atoms with Crippen molar-refractivity contribution in [3.05, 3.63) is 71.8 Å². The first-order valence-electron chi connectivity index (χ1n) is 10.8. The van der Waals surface area contributed by atoms with Crippen molar-refractivity contribution in [3.8, 4) is 0 Å². The summed E-state index contributed by atoms with van der Waals surface area (Å²) in [5.74, 6) is -0.859. The molecule has 166 valence electrons. The van der Waals surface area contributed by atoms with E-state index in [2.05, 4.69) is 34.1 Å². The van der Waals surface area contributed by atoms with Crippen LogP contribution in [0.3, 0.4) is 0 Å².